The number of nitrogens with zero attached hydrogens (tertiary/aromatic N) is 2. The second kappa shape index (κ2) is 2.64. The summed E-state index contributed by atoms with van der Waals surface area (Å²) in [5.74, 6) is -0.719. The van der Waals surface area contributed by atoms with Gasteiger partial charge in [0.1, 0.15) is 0 Å². The van der Waals surface area contributed by atoms with Gasteiger partial charge in [-0.05, 0) is 6.42 Å². The molecule has 0 aromatic carbocycles. The van der Waals surface area contributed by atoms with Crippen LogP contribution in [0.2, 0.25) is 0 Å². The molecule has 1 aliphatic carbocycles. The molecule has 12 heavy (non-hydrogen) atoms. The van der Waals surface area contributed by atoms with Crippen molar-refractivity contribution in [3.8, 4) is 0 Å². The van der Waals surface area contributed by atoms with Crippen molar-refractivity contribution in [3.63, 3.8) is 0 Å². The summed E-state index contributed by atoms with van der Waals surface area (Å²) >= 11 is 0. The van der Waals surface area contributed by atoms with Crippen LogP contribution in [0.4, 0.5) is 0 Å². The summed E-state index contributed by atoms with van der Waals surface area (Å²) < 4.78 is 0. The molecule has 0 unspecified atom stereocenters. The quantitative estimate of drug-likeness (QED) is 0.391. The maximum atomic E-state index is 11.4. The molecule has 0 radical (unpaired) electrons. The Labute approximate surface area is 70.2 Å². The summed E-state index contributed by atoms with van der Waals surface area (Å²) in [5, 5.41) is 0. The van der Waals surface area contributed by atoms with E-state index in [1.165, 1.54) is 0 Å². The lowest BCUT2D eigenvalue weighted by atomic mass is 9.75. The standard InChI is InChI=1S/C8H10N2O2/c1-8(2)4-3-5(11)6(10-9)7(8)12/h3-4H2,1-2H3. The second-order valence-electron chi connectivity index (χ2n) is 3.58. The highest BCUT2D eigenvalue weighted by Gasteiger charge is 2.45. The van der Waals surface area contributed by atoms with E-state index in [4.69, 9.17) is 5.53 Å². The third-order valence-corrected chi connectivity index (χ3v) is 2.17. The lowest BCUT2D eigenvalue weighted by molar-refractivity contribution is -0.132. The Kier molecular flexibility index (Phi) is 1.94. The lowest BCUT2D eigenvalue weighted by Gasteiger charge is -2.22. The summed E-state index contributed by atoms with van der Waals surface area (Å²) in [6, 6.07) is 0. The van der Waals surface area contributed by atoms with Crippen molar-refractivity contribution in [2.45, 2.75) is 26.7 Å². The number of ketones is 2. The summed E-state index contributed by atoms with van der Waals surface area (Å²) in [5.41, 5.74) is 7.55. The zero-order chi connectivity index (χ0) is 9.35. The predicted molar refractivity (Wildman–Crippen MR) is 41.7 cm³/mol. The summed E-state index contributed by atoms with van der Waals surface area (Å²) in [6.45, 7) is 3.49. The van der Waals surface area contributed by atoms with Gasteiger partial charge >= 0.3 is 5.71 Å². The molecule has 4 heteroatoms. The Balaban J connectivity index is 3.10. The van der Waals surface area contributed by atoms with Crippen LogP contribution in [0, 0.1) is 5.41 Å². The van der Waals surface area contributed by atoms with Gasteiger partial charge in [-0.15, -0.1) is 0 Å². The van der Waals surface area contributed by atoms with Crippen LogP contribution < -0.4 is 0 Å². The van der Waals surface area contributed by atoms with E-state index >= 15 is 0 Å². The van der Waals surface area contributed by atoms with Crippen LogP contribution in [0.3, 0.4) is 0 Å². The molecule has 0 aromatic rings. The molecule has 1 saturated carbocycles. The number of rotatable bonds is 0. The van der Waals surface area contributed by atoms with Crippen molar-refractivity contribution in [1.82, 2.24) is 0 Å². The number of carbonyl (C=O) groups is 2. The van der Waals surface area contributed by atoms with Crippen molar-refractivity contribution in [3.05, 3.63) is 5.53 Å². The SMILES string of the molecule is CC1(C)CCC(=O)C(=[N+]=[N-])C1=O. The van der Waals surface area contributed by atoms with Crippen molar-refractivity contribution < 1.29 is 14.4 Å². The fraction of sp³-hybridized carbons (Fsp3) is 0.625. The van der Waals surface area contributed by atoms with Crippen LogP contribution in [0.25, 0.3) is 5.53 Å². The van der Waals surface area contributed by atoms with E-state index in [0.717, 1.165) is 0 Å². The zero-order valence-electron chi connectivity index (χ0n) is 7.13. The average molecular weight is 166 g/mol. The Morgan fingerprint density at radius 1 is 1.42 bits per heavy atom. The molecule has 1 fully saturated rings. The first-order chi connectivity index (χ1) is 5.49. The van der Waals surface area contributed by atoms with E-state index in [1.54, 1.807) is 13.8 Å². The Morgan fingerprint density at radius 2 is 2.00 bits per heavy atom. The van der Waals surface area contributed by atoms with Gasteiger partial charge in [-0.1, -0.05) is 13.8 Å². The molecule has 0 amide bonds. The van der Waals surface area contributed by atoms with Gasteiger partial charge in [-0.3, -0.25) is 9.59 Å². The number of carbonyl (C=O) groups excluding carboxylic acids is 2. The van der Waals surface area contributed by atoms with Crippen molar-refractivity contribution in [2.75, 3.05) is 0 Å². The van der Waals surface area contributed by atoms with E-state index in [9.17, 15) is 9.59 Å². The van der Waals surface area contributed by atoms with Gasteiger partial charge in [0, 0.05) is 11.8 Å². The van der Waals surface area contributed by atoms with Gasteiger partial charge in [0.2, 0.25) is 5.78 Å². The average Bonchev–Trinajstić information content (AvgIpc) is 2.00. The Morgan fingerprint density at radius 3 is 2.42 bits per heavy atom. The molecule has 0 N–H and O–H groups in total. The molecule has 0 aliphatic heterocycles. The van der Waals surface area contributed by atoms with E-state index in [2.05, 4.69) is 4.79 Å². The molecule has 0 spiro atoms. The molecular formula is C8H10N2O2. The van der Waals surface area contributed by atoms with Crippen LogP contribution in [0.1, 0.15) is 26.7 Å². The maximum absolute atomic E-state index is 11.4. The topological polar surface area (TPSA) is 70.5 Å². The van der Waals surface area contributed by atoms with Crippen LogP contribution in [0.15, 0.2) is 0 Å². The minimum Gasteiger partial charge on any atom is -0.360 e. The van der Waals surface area contributed by atoms with E-state index in [1.807, 2.05) is 0 Å². The summed E-state index contributed by atoms with van der Waals surface area (Å²) in [7, 11) is 0. The number of hydrogen-bond donors (Lipinski definition) is 0. The Bertz CT molecular complexity index is 298. The monoisotopic (exact) mass is 166 g/mol. The lowest BCUT2D eigenvalue weighted by Crippen LogP contribution is -2.41. The minimum absolute atomic E-state index is 0.290. The van der Waals surface area contributed by atoms with E-state index in [-0.39, 0.29) is 23.7 Å². The molecule has 0 heterocycles. The van der Waals surface area contributed by atoms with Gasteiger partial charge in [-0.25, -0.2) is 0 Å². The molecule has 0 atom stereocenters. The fourth-order valence-electron chi connectivity index (χ4n) is 1.21. The highest BCUT2D eigenvalue weighted by atomic mass is 16.2. The molecule has 1 aliphatic rings. The Hall–Kier alpha value is -1.28. The maximum Gasteiger partial charge on any atom is 0.400 e. The first kappa shape index (κ1) is 8.81. The highest BCUT2D eigenvalue weighted by molar-refractivity contribution is 6.65. The second-order valence-corrected chi connectivity index (χ2v) is 3.58. The molecule has 4 nitrogen and oxygen atoms in total. The molecule has 0 aromatic heterocycles. The largest absolute Gasteiger partial charge is 0.400 e. The van der Waals surface area contributed by atoms with Crippen molar-refractivity contribution in [1.29, 1.82) is 0 Å². The summed E-state index contributed by atoms with van der Waals surface area (Å²) in [6.07, 6.45) is 0.821. The highest BCUT2D eigenvalue weighted by Crippen LogP contribution is 2.28. The van der Waals surface area contributed by atoms with Crippen molar-refractivity contribution in [2.24, 2.45) is 5.41 Å². The third kappa shape index (κ3) is 1.21. The summed E-state index contributed by atoms with van der Waals surface area (Å²) in [4.78, 5) is 25.1. The molecule has 64 valence electrons. The zero-order valence-corrected chi connectivity index (χ0v) is 7.13. The first-order valence-corrected chi connectivity index (χ1v) is 3.79. The third-order valence-electron chi connectivity index (χ3n) is 2.17. The van der Waals surface area contributed by atoms with Crippen molar-refractivity contribution >= 4 is 17.3 Å². The van der Waals surface area contributed by atoms with Gasteiger partial charge in [0.25, 0.3) is 5.78 Å². The van der Waals surface area contributed by atoms with Gasteiger partial charge in [0.15, 0.2) is 0 Å². The van der Waals surface area contributed by atoms with Crippen LogP contribution in [-0.2, 0) is 9.59 Å². The number of Topliss-reactive ketones (excluding diaryl/α,β-unsaturated/α-hetero) is 2. The molecule has 0 bridgehead atoms. The number of hydrogen-bond acceptors (Lipinski definition) is 2. The van der Waals surface area contributed by atoms with Crippen LogP contribution in [-0.4, -0.2) is 22.1 Å². The van der Waals surface area contributed by atoms with Crippen LogP contribution in [0.5, 0.6) is 0 Å². The van der Waals surface area contributed by atoms with Gasteiger partial charge in [0.05, 0.1) is 0 Å². The van der Waals surface area contributed by atoms with Gasteiger partial charge in [-0.2, -0.15) is 4.79 Å². The first-order valence-electron chi connectivity index (χ1n) is 3.79. The van der Waals surface area contributed by atoms with E-state index in [0.29, 0.717) is 6.42 Å². The smallest absolute Gasteiger partial charge is 0.360 e. The fourth-order valence-corrected chi connectivity index (χ4v) is 1.21. The van der Waals surface area contributed by atoms with E-state index < -0.39 is 5.41 Å². The van der Waals surface area contributed by atoms with Crippen LogP contribution >= 0.6 is 0 Å². The molecule has 1 rings (SSSR count). The predicted octanol–water partition coefficient (Wildman–Crippen LogP) is 0.615. The van der Waals surface area contributed by atoms with Gasteiger partial charge < -0.3 is 5.53 Å². The minimum atomic E-state index is -0.560. The molecule has 0 saturated heterocycles. The normalized spacial score (nSPS) is 22.3. The molecular weight excluding hydrogens is 156 g/mol.